The number of halogens is 1. The quantitative estimate of drug-likeness (QED) is 0.931. The second-order valence-electron chi connectivity index (χ2n) is 6.65. The molecule has 1 N–H and O–H groups in total. The predicted octanol–water partition coefficient (Wildman–Crippen LogP) is 2.70. The standard InChI is InChI=1S/C17H23FO3/c1-16(19,10-13-4-2-3-5-15(13)18)14-6-8-21-17(11-14)7-9-20-12-17/h2-5,14,19H,6-12H2,1H3. The Morgan fingerprint density at radius 2 is 2.19 bits per heavy atom. The van der Waals surface area contributed by atoms with Crippen LogP contribution < -0.4 is 0 Å². The third-order valence-electron chi connectivity index (χ3n) is 4.95. The van der Waals surface area contributed by atoms with Gasteiger partial charge in [-0.1, -0.05) is 18.2 Å². The Labute approximate surface area is 125 Å². The monoisotopic (exact) mass is 294 g/mol. The van der Waals surface area contributed by atoms with Crippen LogP contribution in [0, 0.1) is 11.7 Å². The van der Waals surface area contributed by atoms with Crippen LogP contribution in [-0.2, 0) is 15.9 Å². The van der Waals surface area contributed by atoms with Crippen molar-refractivity contribution in [1.29, 1.82) is 0 Å². The lowest BCUT2D eigenvalue weighted by atomic mass is 9.74. The Balaban J connectivity index is 1.73. The first-order chi connectivity index (χ1) is 10.0. The van der Waals surface area contributed by atoms with Gasteiger partial charge in [0.25, 0.3) is 0 Å². The minimum Gasteiger partial charge on any atom is -0.390 e. The Morgan fingerprint density at radius 3 is 2.90 bits per heavy atom. The van der Waals surface area contributed by atoms with Crippen molar-refractivity contribution in [3.05, 3.63) is 35.6 Å². The van der Waals surface area contributed by atoms with Gasteiger partial charge < -0.3 is 14.6 Å². The van der Waals surface area contributed by atoms with Crippen molar-refractivity contribution in [3.63, 3.8) is 0 Å². The summed E-state index contributed by atoms with van der Waals surface area (Å²) in [5.74, 6) is -0.142. The van der Waals surface area contributed by atoms with Gasteiger partial charge in [0.05, 0.1) is 17.8 Å². The van der Waals surface area contributed by atoms with E-state index in [1.165, 1.54) is 6.07 Å². The average molecular weight is 294 g/mol. The highest BCUT2D eigenvalue weighted by Gasteiger charge is 2.46. The Morgan fingerprint density at radius 1 is 1.38 bits per heavy atom. The summed E-state index contributed by atoms with van der Waals surface area (Å²) < 4.78 is 25.2. The van der Waals surface area contributed by atoms with Crippen molar-refractivity contribution < 1.29 is 19.0 Å². The van der Waals surface area contributed by atoms with E-state index in [2.05, 4.69) is 0 Å². The highest BCUT2D eigenvalue weighted by atomic mass is 19.1. The zero-order valence-corrected chi connectivity index (χ0v) is 12.5. The zero-order valence-electron chi connectivity index (χ0n) is 12.5. The molecule has 3 atom stereocenters. The van der Waals surface area contributed by atoms with Crippen molar-refractivity contribution in [3.8, 4) is 0 Å². The maximum absolute atomic E-state index is 13.8. The van der Waals surface area contributed by atoms with E-state index < -0.39 is 5.60 Å². The molecule has 0 amide bonds. The van der Waals surface area contributed by atoms with Crippen LogP contribution in [0.3, 0.4) is 0 Å². The van der Waals surface area contributed by atoms with Gasteiger partial charge in [-0.3, -0.25) is 0 Å². The molecule has 1 spiro atoms. The molecule has 3 rings (SSSR count). The molecule has 0 radical (unpaired) electrons. The maximum Gasteiger partial charge on any atom is 0.126 e. The second-order valence-corrected chi connectivity index (χ2v) is 6.65. The van der Waals surface area contributed by atoms with E-state index in [0.717, 1.165) is 25.9 Å². The molecule has 2 saturated heterocycles. The van der Waals surface area contributed by atoms with Crippen LogP contribution in [0.2, 0.25) is 0 Å². The summed E-state index contributed by atoms with van der Waals surface area (Å²) in [6.07, 6.45) is 2.82. The number of benzene rings is 1. The van der Waals surface area contributed by atoms with Crippen molar-refractivity contribution in [1.82, 2.24) is 0 Å². The fourth-order valence-electron chi connectivity index (χ4n) is 3.59. The Kier molecular flexibility index (Phi) is 4.04. The fourth-order valence-corrected chi connectivity index (χ4v) is 3.59. The first-order valence-corrected chi connectivity index (χ1v) is 7.68. The van der Waals surface area contributed by atoms with Gasteiger partial charge in [-0.15, -0.1) is 0 Å². The van der Waals surface area contributed by atoms with Crippen LogP contribution in [0.4, 0.5) is 4.39 Å². The Bertz CT molecular complexity index is 495. The van der Waals surface area contributed by atoms with E-state index in [1.807, 2.05) is 13.0 Å². The van der Waals surface area contributed by atoms with Gasteiger partial charge in [-0.05, 0) is 37.3 Å². The molecule has 0 aliphatic carbocycles. The lowest BCUT2D eigenvalue weighted by Gasteiger charge is -2.43. The number of hydrogen-bond acceptors (Lipinski definition) is 3. The van der Waals surface area contributed by atoms with Crippen molar-refractivity contribution in [2.75, 3.05) is 19.8 Å². The molecule has 2 heterocycles. The van der Waals surface area contributed by atoms with Gasteiger partial charge in [-0.25, -0.2) is 4.39 Å². The average Bonchev–Trinajstić information content (AvgIpc) is 2.89. The van der Waals surface area contributed by atoms with Crippen LogP contribution >= 0.6 is 0 Å². The van der Waals surface area contributed by atoms with Crippen LogP contribution in [0.5, 0.6) is 0 Å². The summed E-state index contributed by atoms with van der Waals surface area (Å²) in [7, 11) is 0. The smallest absolute Gasteiger partial charge is 0.126 e. The number of rotatable bonds is 3. The van der Waals surface area contributed by atoms with Crippen molar-refractivity contribution in [2.24, 2.45) is 5.92 Å². The van der Waals surface area contributed by atoms with Crippen LogP contribution in [0.15, 0.2) is 24.3 Å². The van der Waals surface area contributed by atoms with Crippen molar-refractivity contribution in [2.45, 2.75) is 43.8 Å². The molecule has 1 aromatic carbocycles. The first-order valence-electron chi connectivity index (χ1n) is 7.68. The molecule has 2 aliphatic heterocycles. The number of ether oxygens (including phenoxy) is 2. The summed E-state index contributed by atoms with van der Waals surface area (Å²) in [6.45, 7) is 3.79. The molecular formula is C17H23FO3. The second kappa shape index (κ2) is 5.67. The van der Waals surface area contributed by atoms with E-state index in [0.29, 0.717) is 25.2 Å². The molecule has 0 saturated carbocycles. The summed E-state index contributed by atoms with van der Waals surface area (Å²) >= 11 is 0. The normalized spacial score (nSPS) is 32.2. The van der Waals surface area contributed by atoms with E-state index in [1.54, 1.807) is 12.1 Å². The molecule has 116 valence electrons. The molecule has 0 bridgehead atoms. The molecule has 1 aromatic rings. The summed E-state index contributed by atoms with van der Waals surface area (Å²) in [4.78, 5) is 0. The highest BCUT2D eigenvalue weighted by molar-refractivity contribution is 5.19. The van der Waals surface area contributed by atoms with E-state index in [-0.39, 0.29) is 17.3 Å². The maximum atomic E-state index is 13.8. The molecule has 2 fully saturated rings. The molecule has 3 nitrogen and oxygen atoms in total. The van der Waals surface area contributed by atoms with E-state index >= 15 is 0 Å². The third-order valence-corrected chi connectivity index (χ3v) is 4.95. The lowest BCUT2D eigenvalue weighted by Crippen LogP contribution is -2.48. The number of aliphatic hydroxyl groups is 1. The molecule has 2 aliphatic rings. The Hall–Kier alpha value is -0.970. The van der Waals surface area contributed by atoms with Gasteiger partial charge in [-0.2, -0.15) is 0 Å². The zero-order chi connectivity index (χ0) is 14.9. The largest absolute Gasteiger partial charge is 0.390 e. The minimum absolute atomic E-state index is 0.104. The molecule has 21 heavy (non-hydrogen) atoms. The van der Waals surface area contributed by atoms with Gasteiger partial charge in [0, 0.05) is 26.1 Å². The van der Waals surface area contributed by atoms with Gasteiger partial charge in [0.2, 0.25) is 0 Å². The van der Waals surface area contributed by atoms with Crippen molar-refractivity contribution >= 4 is 0 Å². The topological polar surface area (TPSA) is 38.7 Å². The molecule has 3 unspecified atom stereocenters. The minimum atomic E-state index is -0.929. The van der Waals surface area contributed by atoms with Crippen LogP contribution in [0.25, 0.3) is 0 Å². The highest BCUT2D eigenvalue weighted by Crippen LogP contribution is 2.41. The van der Waals surface area contributed by atoms with Gasteiger partial charge in [0.15, 0.2) is 0 Å². The number of hydrogen-bond donors (Lipinski definition) is 1. The summed E-state index contributed by atoms with van der Waals surface area (Å²) in [6, 6.07) is 6.68. The van der Waals surface area contributed by atoms with E-state index in [4.69, 9.17) is 9.47 Å². The molecular weight excluding hydrogens is 271 g/mol. The van der Waals surface area contributed by atoms with Crippen LogP contribution in [-0.4, -0.2) is 36.1 Å². The van der Waals surface area contributed by atoms with E-state index in [9.17, 15) is 9.50 Å². The van der Waals surface area contributed by atoms with Gasteiger partial charge >= 0.3 is 0 Å². The van der Waals surface area contributed by atoms with Crippen LogP contribution in [0.1, 0.15) is 31.7 Å². The van der Waals surface area contributed by atoms with Gasteiger partial charge in [0.1, 0.15) is 5.82 Å². The third kappa shape index (κ3) is 3.12. The molecule has 0 aromatic heterocycles. The molecule has 4 heteroatoms. The first kappa shape index (κ1) is 14.9. The summed E-state index contributed by atoms with van der Waals surface area (Å²) in [5, 5.41) is 10.9. The predicted molar refractivity (Wildman–Crippen MR) is 77.6 cm³/mol. The fraction of sp³-hybridized carbons (Fsp3) is 0.647. The lowest BCUT2D eigenvalue weighted by molar-refractivity contribution is -0.138. The SMILES string of the molecule is CC(O)(Cc1ccccc1F)C1CCOC2(CCOC2)C1. The summed E-state index contributed by atoms with van der Waals surface area (Å²) in [5.41, 5.74) is -0.588.